The van der Waals surface area contributed by atoms with Gasteiger partial charge in [0.2, 0.25) is 0 Å². The Kier molecular flexibility index (Phi) is 5.01. The molecule has 0 amide bonds. The van der Waals surface area contributed by atoms with Crippen molar-refractivity contribution in [2.45, 2.75) is 12.3 Å². The molecule has 1 unspecified atom stereocenters. The molecule has 0 saturated heterocycles. The minimum absolute atomic E-state index is 0.325. The molecule has 0 fully saturated rings. The van der Waals surface area contributed by atoms with Gasteiger partial charge < -0.3 is 9.47 Å². The first kappa shape index (κ1) is 15.4. The van der Waals surface area contributed by atoms with E-state index in [0.29, 0.717) is 23.5 Å². The Balaban J connectivity index is 2.28. The van der Waals surface area contributed by atoms with Crippen molar-refractivity contribution < 1.29 is 9.47 Å². The van der Waals surface area contributed by atoms with Crippen LogP contribution in [0.1, 0.15) is 22.6 Å². The van der Waals surface area contributed by atoms with E-state index in [2.05, 4.69) is 12.1 Å². The summed E-state index contributed by atoms with van der Waals surface area (Å²) in [6.45, 7) is 0. The maximum absolute atomic E-state index is 9.50. The van der Waals surface area contributed by atoms with Crippen molar-refractivity contribution in [3.63, 3.8) is 0 Å². The van der Waals surface area contributed by atoms with Gasteiger partial charge in [-0.05, 0) is 30.2 Å². The Bertz CT molecular complexity index is 724. The van der Waals surface area contributed by atoms with Crippen molar-refractivity contribution in [3.8, 4) is 23.6 Å². The van der Waals surface area contributed by atoms with E-state index in [0.717, 1.165) is 11.1 Å². The highest BCUT2D eigenvalue weighted by molar-refractivity contribution is 5.45. The summed E-state index contributed by atoms with van der Waals surface area (Å²) in [5.41, 5.74) is 2.44. The quantitative estimate of drug-likeness (QED) is 0.846. The molecule has 0 aliphatic carbocycles. The van der Waals surface area contributed by atoms with Crippen LogP contribution in [-0.2, 0) is 6.42 Å². The standard InChI is InChI=1S/C18H16N2O2/c1-21-16-7-8-17(18(10-16)22-2)15(12-20)9-13-3-5-14(11-19)6-4-13/h3-8,10,15H,9H2,1-2H3. The van der Waals surface area contributed by atoms with Crippen LogP contribution in [0.15, 0.2) is 42.5 Å². The van der Waals surface area contributed by atoms with Gasteiger partial charge in [0.05, 0.1) is 37.8 Å². The van der Waals surface area contributed by atoms with E-state index in [1.165, 1.54) is 0 Å². The van der Waals surface area contributed by atoms with Gasteiger partial charge in [0.15, 0.2) is 0 Å². The first-order chi connectivity index (χ1) is 10.7. The third-order valence-electron chi connectivity index (χ3n) is 3.49. The molecule has 0 heterocycles. The fourth-order valence-corrected chi connectivity index (χ4v) is 2.28. The molecule has 0 N–H and O–H groups in total. The summed E-state index contributed by atoms with van der Waals surface area (Å²) >= 11 is 0. The Hall–Kier alpha value is -2.98. The SMILES string of the molecule is COc1ccc(C(C#N)Cc2ccc(C#N)cc2)c(OC)c1. The lowest BCUT2D eigenvalue weighted by atomic mass is 9.92. The molecule has 0 aromatic heterocycles. The molecular weight excluding hydrogens is 276 g/mol. The largest absolute Gasteiger partial charge is 0.497 e. The maximum Gasteiger partial charge on any atom is 0.127 e. The molecule has 2 aromatic rings. The fraction of sp³-hybridized carbons (Fsp3) is 0.222. The normalized spacial score (nSPS) is 11.1. The number of benzene rings is 2. The second-order valence-electron chi connectivity index (χ2n) is 4.80. The number of ether oxygens (including phenoxy) is 2. The van der Waals surface area contributed by atoms with Crippen molar-refractivity contribution in [1.29, 1.82) is 10.5 Å². The van der Waals surface area contributed by atoms with Crippen molar-refractivity contribution >= 4 is 0 Å². The minimum atomic E-state index is -0.325. The second kappa shape index (κ2) is 7.15. The molecule has 4 nitrogen and oxygen atoms in total. The van der Waals surface area contributed by atoms with E-state index in [1.54, 1.807) is 32.4 Å². The van der Waals surface area contributed by atoms with Gasteiger partial charge in [0.1, 0.15) is 11.5 Å². The lowest BCUT2D eigenvalue weighted by Crippen LogP contribution is -2.03. The first-order valence-electron chi connectivity index (χ1n) is 6.82. The summed E-state index contributed by atoms with van der Waals surface area (Å²) in [6, 6.07) is 17.1. The Morgan fingerprint density at radius 3 is 2.27 bits per heavy atom. The van der Waals surface area contributed by atoms with Crippen LogP contribution in [0, 0.1) is 22.7 Å². The number of hydrogen-bond acceptors (Lipinski definition) is 4. The maximum atomic E-state index is 9.50. The van der Waals surface area contributed by atoms with E-state index in [-0.39, 0.29) is 5.92 Å². The molecular formula is C18H16N2O2. The van der Waals surface area contributed by atoms with Crippen LogP contribution in [0.4, 0.5) is 0 Å². The molecule has 0 radical (unpaired) electrons. The zero-order valence-electron chi connectivity index (χ0n) is 12.5. The van der Waals surface area contributed by atoms with E-state index in [9.17, 15) is 5.26 Å². The van der Waals surface area contributed by atoms with Crippen LogP contribution in [-0.4, -0.2) is 14.2 Å². The van der Waals surface area contributed by atoms with Crippen molar-refractivity contribution in [2.24, 2.45) is 0 Å². The van der Waals surface area contributed by atoms with Gasteiger partial charge in [0.25, 0.3) is 0 Å². The third-order valence-corrected chi connectivity index (χ3v) is 3.49. The molecule has 4 heteroatoms. The van der Waals surface area contributed by atoms with Crippen LogP contribution in [0.5, 0.6) is 11.5 Å². The first-order valence-corrected chi connectivity index (χ1v) is 6.82. The number of nitriles is 2. The van der Waals surface area contributed by atoms with Crippen LogP contribution in [0.25, 0.3) is 0 Å². The molecule has 0 spiro atoms. The number of hydrogen-bond donors (Lipinski definition) is 0. The average molecular weight is 292 g/mol. The van der Waals surface area contributed by atoms with Crippen LogP contribution < -0.4 is 9.47 Å². The Morgan fingerprint density at radius 1 is 1.00 bits per heavy atom. The second-order valence-corrected chi connectivity index (χ2v) is 4.80. The lowest BCUT2D eigenvalue weighted by molar-refractivity contribution is 0.390. The minimum Gasteiger partial charge on any atom is -0.497 e. The molecule has 22 heavy (non-hydrogen) atoms. The number of rotatable bonds is 5. The predicted molar refractivity (Wildman–Crippen MR) is 82.8 cm³/mol. The molecule has 110 valence electrons. The van der Waals surface area contributed by atoms with E-state index >= 15 is 0 Å². The van der Waals surface area contributed by atoms with Crippen molar-refractivity contribution in [2.75, 3.05) is 14.2 Å². The van der Waals surface area contributed by atoms with Gasteiger partial charge in [-0.3, -0.25) is 0 Å². The highest BCUT2D eigenvalue weighted by atomic mass is 16.5. The third kappa shape index (κ3) is 3.37. The van der Waals surface area contributed by atoms with Gasteiger partial charge in [0, 0.05) is 11.6 Å². The summed E-state index contributed by atoms with van der Waals surface area (Å²) in [6.07, 6.45) is 0.560. The average Bonchev–Trinajstić information content (AvgIpc) is 2.59. The smallest absolute Gasteiger partial charge is 0.127 e. The van der Waals surface area contributed by atoms with E-state index in [1.807, 2.05) is 24.3 Å². The molecule has 0 aliphatic heterocycles. The zero-order chi connectivity index (χ0) is 15.9. The van der Waals surface area contributed by atoms with Gasteiger partial charge in [-0.2, -0.15) is 10.5 Å². The molecule has 0 bridgehead atoms. The monoisotopic (exact) mass is 292 g/mol. The highest BCUT2D eigenvalue weighted by Crippen LogP contribution is 2.32. The zero-order valence-corrected chi connectivity index (χ0v) is 12.5. The Morgan fingerprint density at radius 2 is 1.73 bits per heavy atom. The highest BCUT2D eigenvalue weighted by Gasteiger charge is 2.17. The lowest BCUT2D eigenvalue weighted by Gasteiger charge is -2.15. The predicted octanol–water partition coefficient (Wildman–Crippen LogP) is 3.43. The summed E-state index contributed by atoms with van der Waals surface area (Å²) < 4.78 is 10.5. The van der Waals surface area contributed by atoms with Crippen LogP contribution in [0.3, 0.4) is 0 Å². The van der Waals surface area contributed by atoms with Gasteiger partial charge in [-0.25, -0.2) is 0 Å². The van der Waals surface area contributed by atoms with Crippen molar-refractivity contribution in [1.82, 2.24) is 0 Å². The van der Waals surface area contributed by atoms with Crippen molar-refractivity contribution in [3.05, 3.63) is 59.2 Å². The fourth-order valence-electron chi connectivity index (χ4n) is 2.28. The van der Waals surface area contributed by atoms with Gasteiger partial charge >= 0.3 is 0 Å². The molecule has 0 aliphatic rings. The van der Waals surface area contributed by atoms with Crippen LogP contribution >= 0.6 is 0 Å². The van der Waals surface area contributed by atoms with Crippen LogP contribution in [0.2, 0.25) is 0 Å². The summed E-state index contributed by atoms with van der Waals surface area (Å²) in [5.74, 6) is 1.00. The number of nitrogens with zero attached hydrogens (tertiary/aromatic N) is 2. The molecule has 2 rings (SSSR count). The summed E-state index contributed by atoms with van der Waals surface area (Å²) in [4.78, 5) is 0. The van der Waals surface area contributed by atoms with E-state index in [4.69, 9.17) is 14.7 Å². The summed E-state index contributed by atoms with van der Waals surface area (Å²) in [5, 5.41) is 18.3. The molecule has 1 atom stereocenters. The molecule has 2 aromatic carbocycles. The topological polar surface area (TPSA) is 66.0 Å². The van der Waals surface area contributed by atoms with Gasteiger partial charge in [-0.15, -0.1) is 0 Å². The Labute approximate surface area is 130 Å². The summed E-state index contributed by atoms with van der Waals surface area (Å²) in [7, 11) is 3.17. The van der Waals surface area contributed by atoms with E-state index < -0.39 is 0 Å². The number of methoxy groups -OCH3 is 2. The van der Waals surface area contributed by atoms with Gasteiger partial charge in [-0.1, -0.05) is 18.2 Å². The molecule has 0 saturated carbocycles.